The van der Waals surface area contributed by atoms with E-state index < -0.39 is 33.5 Å². The van der Waals surface area contributed by atoms with Crippen LogP contribution in [0.25, 0.3) is 0 Å². The van der Waals surface area contributed by atoms with Gasteiger partial charge in [0.15, 0.2) is 0 Å². The molecule has 0 saturated heterocycles. The minimum atomic E-state index is -3.34. The highest BCUT2D eigenvalue weighted by Crippen LogP contribution is 2.22. The molecule has 0 heterocycles. The van der Waals surface area contributed by atoms with Crippen molar-refractivity contribution >= 4 is 27.3 Å². The van der Waals surface area contributed by atoms with E-state index in [9.17, 15) is 22.4 Å². The third-order valence-corrected chi connectivity index (χ3v) is 5.84. The van der Waals surface area contributed by atoms with Crippen molar-refractivity contribution in [2.45, 2.75) is 45.6 Å². The number of hydrogen-bond acceptors (Lipinski definition) is 4. The van der Waals surface area contributed by atoms with Gasteiger partial charge in [-0.05, 0) is 60.2 Å². The van der Waals surface area contributed by atoms with Gasteiger partial charge in [0, 0.05) is 17.5 Å². The van der Waals surface area contributed by atoms with Gasteiger partial charge in [0.2, 0.25) is 5.91 Å². The molecule has 0 saturated carbocycles. The van der Waals surface area contributed by atoms with Crippen LogP contribution in [-0.4, -0.2) is 38.3 Å². The molecule has 0 spiro atoms. The molecule has 0 fully saturated rings. The molecule has 168 valence electrons. The van der Waals surface area contributed by atoms with Gasteiger partial charge in [-0.1, -0.05) is 32.9 Å². The number of benzene rings is 2. The van der Waals surface area contributed by atoms with Crippen molar-refractivity contribution in [2.75, 3.05) is 17.3 Å². The maximum Gasteiger partial charge on any atom is 0.251 e. The fourth-order valence-corrected chi connectivity index (χ4v) is 3.61. The van der Waals surface area contributed by atoms with Crippen LogP contribution in [0.1, 0.15) is 48.7 Å². The van der Waals surface area contributed by atoms with Crippen LogP contribution >= 0.6 is 0 Å². The average molecular weight is 449 g/mol. The quantitative estimate of drug-likeness (QED) is 0.677. The largest absolute Gasteiger partial charge is 0.340 e. The monoisotopic (exact) mass is 448 g/mol. The summed E-state index contributed by atoms with van der Waals surface area (Å²) in [5, 5.41) is 5.27. The summed E-state index contributed by atoms with van der Waals surface area (Å²) in [6, 6.07) is 9.87. The second-order valence-corrected chi connectivity index (χ2v) is 11.0. The van der Waals surface area contributed by atoms with Crippen molar-refractivity contribution < 1.29 is 22.4 Å². The zero-order valence-electron chi connectivity index (χ0n) is 18.5. The highest BCUT2D eigenvalue weighted by atomic mass is 32.2. The Morgan fingerprint density at radius 1 is 1.06 bits per heavy atom. The van der Waals surface area contributed by atoms with Crippen molar-refractivity contribution in [3.63, 3.8) is 0 Å². The topological polar surface area (TPSA) is 92.3 Å². The average Bonchev–Trinajstić information content (AvgIpc) is 2.65. The van der Waals surface area contributed by atoms with Crippen molar-refractivity contribution in [2.24, 2.45) is 0 Å². The maximum absolute atomic E-state index is 13.3. The second-order valence-electron chi connectivity index (χ2n) is 8.72. The molecule has 2 amide bonds. The van der Waals surface area contributed by atoms with Gasteiger partial charge in [0.25, 0.3) is 5.91 Å². The number of aryl methyl sites for hydroxylation is 1. The standard InChI is InChI=1S/C23H29FN2O4S/c1-15-14-18(24)10-11-19(15)25-22(28)20(12-13-31(5,29)30)26-21(27)16-6-8-17(9-7-16)23(2,3)4/h6-11,14,20H,12-13H2,1-5H3,(H,25,28)(H,26,27)/t20-/m1/s1. The number of halogens is 1. The summed E-state index contributed by atoms with van der Waals surface area (Å²) >= 11 is 0. The van der Waals surface area contributed by atoms with Crippen LogP contribution < -0.4 is 10.6 Å². The van der Waals surface area contributed by atoms with E-state index in [1.54, 1.807) is 19.1 Å². The molecule has 0 bridgehead atoms. The normalized spacial score (nSPS) is 12.8. The fraction of sp³-hybridized carbons (Fsp3) is 0.391. The van der Waals surface area contributed by atoms with Crippen LogP contribution in [0, 0.1) is 12.7 Å². The van der Waals surface area contributed by atoms with Crippen molar-refractivity contribution in [1.82, 2.24) is 5.32 Å². The predicted octanol–water partition coefficient (Wildman–Crippen LogP) is 3.60. The van der Waals surface area contributed by atoms with E-state index in [2.05, 4.69) is 31.4 Å². The van der Waals surface area contributed by atoms with E-state index in [0.717, 1.165) is 11.8 Å². The van der Waals surface area contributed by atoms with Crippen LogP contribution in [0.15, 0.2) is 42.5 Å². The zero-order valence-corrected chi connectivity index (χ0v) is 19.3. The van der Waals surface area contributed by atoms with Gasteiger partial charge in [-0.25, -0.2) is 12.8 Å². The van der Waals surface area contributed by atoms with E-state index in [1.165, 1.54) is 18.2 Å². The lowest BCUT2D eigenvalue weighted by molar-refractivity contribution is -0.118. The first-order valence-electron chi connectivity index (χ1n) is 9.92. The molecule has 1 atom stereocenters. The second kappa shape index (κ2) is 9.60. The Morgan fingerprint density at radius 2 is 1.68 bits per heavy atom. The summed E-state index contributed by atoms with van der Waals surface area (Å²) in [4.78, 5) is 25.5. The van der Waals surface area contributed by atoms with E-state index >= 15 is 0 Å². The number of nitrogens with one attached hydrogen (secondary N) is 2. The van der Waals surface area contributed by atoms with Gasteiger partial charge in [-0.15, -0.1) is 0 Å². The Morgan fingerprint density at radius 3 is 2.19 bits per heavy atom. The van der Waals surface area contributed by atoms with Gasteiger partial charge in [-0.3, -0.25) is 9.59 Å². The minimum absolute atomic E-state index is 0.0695. The maximum atomic E-state index is 13.3. The van der Waals surface area contributed by atoms with Crippen LogP contribution in [0.3, 0.4) is 0 Å². The first-order chi connectivity index (χ1) is 14.3. The highest BCUT2D eigenvalue weighted by molar-refractivity contribution is 7.90. The lowest BCUT2D eigenvalue weighted by Crippen LogP contribution is -2.44. The summed E-state index contributed by atoms with van der Waals surface area (Å²) in [7, 11) is -3.34. The van der Waals surface area contributed by atoms with Gasteiger partial charge in [0.1, 0.15) is 21.7 Å². The molecule has 8 heteroatoms. The zero-order chi connectivity index (χ0) is 23.4. The molecule has 2 aromatic rings. The summed E-state index contributed by atoms with van der Waals surface area (Å²) < 4.78 is 36.5. The SMILES string of the molecule is Cc1cc(F)ccc1NC(=O)[C@@H](CCS(C)(=O)=O)NC(=O)c1ccc(C(C)(C)C)cc1. The minimum Gasteiger partial charge on any atom is -0.340 e. The van der Waals surface area contributed by atoms with E-state index in [1.807, 2.05) is 12.1 Å². The Balaban J connectivity index is 2.20. The molecular weight excluding hydrogens is 419 g/mol. The number of sulfone groups is 1. The Bertz CT molecular complexity index is 1060. The predicted molar refractivity (Wildman–Crippen MR) is 120 cm³/mol. The lowest BCUT2D eigenvalue weighted by atomic mass is 9.86. The molecule has 0 unspecified atom stereocenters. The third-order valence-electron chi connectivity index (χ3n) is 4.86. The van der Waals surface area contributed by atoms with E-state index in [0.29, 0.717) is 16.8 Å². The summed E-state index contributed by atoms with van der Waals surface area (Å²) in [5.41, 5.74) is 2.25. The number of anilines is 1. The fourth-order valence-electron chi connectivity index (χ4n) is 2.95. The van der Waals surface area contributed by atoms with E-state index in [-0.39, 0.29) is 17.6 Å². The van der Waals surface area contributed by atoms with Crippen LogP contribution in [0.5, 0.6) is 0 Å². The summed E-state index contributed by atoms with van der Waals surface area (Å²) in [6.07, 6.45) is 0.982. The van der Waals surface area contributed by atoms with Gasteiger partial charge < -0.3 is 10.6 Å². The molecule has 0 aliphatic carbocycles. The van der Waals surface area contributed by atoms with Gasteiger partial charge in [-0.2, -0.15) is 0 Å². The number of rotatable bonds is 7. The van der Waals surface area contributed by atoms with Gasteiger partial charge in [0.05, 0.1) is 5.75 Å². The first kappa shape index (κ1) is 24.5. The number of carbonyl (C=O) groups is 2. The summed E-state index contributed by atoms with van der Waals surface area (Å²) in [5.74, 6) is -1.75. The molecule has 0 aliphatic heterocycles. The third kappa shape index (κ3) is 7.47. The lowest BCUT2D eigenvalue weighted by Gasteiger charge is -2.21. The van der Waals surface area contributed by atoms with Crippen LogP contribution in [0.4, 0.5) is 10.1 Å². The van der Waals surface area contributed by atoms with E-state index in [4.69, 9.17) is 0 Å². The molecule has 6 nitrogen and oxygen atoms in total. The molecule has 2 rings (SSSR count). The number of carbonyl (C=O) groups excluding carboxylic acids is 2. The molecule has 0 aliphatic rings. The number of amides is 2. The Kier molecular flexibility index (Phi) is 7.59. The number of hydrogen-bond donors (Lipinski definition) is 2. The molecule has 0 aromatic heterocycles. The molecule has 31 heavy (non-hydrogen) atoms. The summed E-state index contributed by atoms with van der Waals surface area (Å²) in [6.45, 7) is 7.82. The molecule has 0 radical (unpaired) electrons. The molecular formula is C23H29FN2O4S. The molecule has 2 aromatic carbocycles. The Labute approximate surface area is 183 Å². The highest BCUT2D eigenvalue weighted by Gasteiger charge is 2.24. The van der Waals surface area contributed by atoms with Crippen molar-refractivity contribution in [1.29, 1.82) is 0 Å². The van der Waals surface area contributed by atoms with Crippen LogP contribution in [-0.2, 0) is 20.0 Å². The first-order valence-corrected chi connectivity index (χ1v) is 12.0. The van der Waals surface area contributed by atoms with Gasteiger partial charge >= 0.3 is 0 Å². The van der Waals surface area contributed by atoms with Crippen molar-refractivity contribution in [3.8, 4) is 0 Å². The Hall–Kier alpha value is -2.74. The molecule has 2 N–H and O–H groups in total. The van der Waals surface area contributed by atoms with Crippen molar-refractivity contribution in [3.05, 3.63) is 65.0 Å². The smallest absolute Gasteiger partial charge is 0.251 e. The van der Waals surface area contributed by atoms with Crippen LogP contribution in [0.2, 0.25) is 0 Å².